The highest BCUT2D eigenvalue weighted by Gasteiger charge is 2.07. The third kappa shape index (κ3) is 3.19. The molecule has 0 spiro atoms. The quantitative estimate of drug-likeness (QED) is 0.577. The molecular formula is C8H12NO3P. The summed E-state index contributed by atoms with van der Waals surface area (Å²) in [5.74, 6) is 0. The molecule has 0 aliphatic carbocycles. The number of nitrogens with two attached hydrogens (primary N) is 1. The number of benzene rings is 1. The summed E-state index contributed by atoms with van der Waals surface area (Å²) >= 11 is 0. The van der Waals surface area contributed by atoms with Crippen LogP contribution >= 0.6 is 8.25 Å². The zero-order valence-electron chi connectivity index (χ0n) is 7.23. The van der Waals surface area contributed by atoms with Crippen molar-refractivity contribution in [2.75, 3.05) is 5.73 Å². The molecule has 0 radical (unpaired) electrons. The van der Waals surface area contributed by atoms with E-state index in [9.17, 15) is 4.57 Å². The van der Waals surface area contributed by atoms with Crippen LogP contribution in [0.3, 0.4) is 0 Å². The van der Waals surface area contributed by atoms with Gasteiger partial charge in [-0.1, -0.05) is 12.1 Å². The van der Waals surface area contributed by atoms with E-state index in [1.54, 1.807) is 31.2 Å². The molecule has 0 heterocycles. The van der Waals surface area contributed by atoms with Gasteiger partial charge in [-0.2, -0.15) is 0 Å². The smallest absolute Gasteiger partial charge is 0.317 e. The standard InChI is InChI=1S/C8H12NO3P/c1-6(12-13(10)11)7-2-4-8(9)5-3-7/h2-6,13H,9H2,1H3,(H,10,11). The van der Waals surface area contributed by atoms with Crippen molar-refractivity contribution in [3.05, 3.63) is 29.8 Å². The first-order valence-electron chi connectivity index (χ1n) is 3.84. The molecule has 1 aromatic rings. The van der Waals surface area contributed by atoms with Gasteiger partial charge in [-0.15, -0.1) is 0 Å². The van der Waals surface area contributed by atoms with Crippen LogP contribution in [0.4, 0.5) is 5.69 Å². The minimum atomic E-state index is -2.87. The van der Waals surface area contributed by atoms with Crippen LogP contribution < -0.4 is 5.73 Å². The van der Waals surface area contributed by atoms with Gasteiger partial charge in [0.2, 0.25) is 0 Å². The lowest BCUT2D eigenvalue weighted by Crippen LogP contribution is -1.94. The van der Waals surface area contributed by atoms with Gasteiger partial charge in [-0.25, -0.2) is 0 Å². The van der Waals surface area contributed by atoms with Crippen LogP contribution in [0.25, 0.3) is 0 Å². The van der Waals surface area contributed by atoms with Crippen molar-refractivity contribution in [1.82, 2.24) is 0 Å². The summed E-state index contributed by atoms with van der Waals surface area (Å²) in [6.45, 7) is 1.71. The van der Waals surface area contributed by atoms with Crippen molar-refractivity contribution in [2.24, 2.45) is 0 Å². The molecule has 0 aliphatic heterocycles. The first-order valence-corrected chi connectivity index (χ1v) is 5.11. The van der Waals surface area contributed by atoms with Gasteiger partial charge in [0.05, 0.1) is 6.10 Å². The lowest BCUT2D eigenvalue weighted by molar-refractivity contribution is 0.209. The number of hydrogen-bond acceptors (Lipinski definition) is 3. The van der Waals surface area contributed by atoms with Gasteiger partial charge in [-0.05, 0) is 24.6 Å². The maximum absolute atomic E-state index is 10.4. The van der Waals surface area contributed by atoms with Crippen molar-refractivity contribution in [1.29, 1.82) is 0 Å². The zero-order valence-corrected chi connectivity index (χ0v) is 8.23. The van der Waals surface area contributed by atoms with E-state index in [-0.39, 0.29) is 6.10 Å². The molecule has 0 saturated carbocycles. The Morgan fingerprint density at radius 2 is 2.00 bits per heavy atom. The molecule has 13 heavy (non-hydrogen) atoms. The summed E-state index contributed by atoms with van der Waals surface area (Å²) in [5, 5.41) is 0. The second-order valence-corrected chi connectivity index (χ2v) is 3.46. The predicted octanol–water partition coefficient (Wildman–Crippen LogP) is 1.73. The van der Waals surface area contributed by atoms with Crippen LogP contribution in [0.5, 0.6) is 0 Å². The molecule has 4 nitrogen and oxygen atoms in total. The van der Waals surface area contributed by atoms with Gasteiger partial charge in [0.15, 0.2) is 0 Å². The third-order valence-electron chi connectivity index (χ3n) is 1.68. The summed E-state index contributed by atoms with van der Waals surface area (Å²) in [6, 6.07) is 6.99. The topological polar surface area (TPSA) is 72.5 Å². The molecule has 0 fully saturated rings. The second-order valence-electron chi connectivity index (χ2n) is 2.69. The minimum Gasteiger partial charge on any atom is -0.399 e. The Labute approximate surface area is 77.3 Å². The Morgan fingerprint density at radius 1 is 1.46 bits per heavy atom. The monoisotopic (exact) mass is 201 g/mol. The normalized spacial score (nSPS) is 15.2. The Kier molecular flexibility index (Phi) is 3.48. The molecule has 72 valence electrons. The van der Waals surface area contributed by atoms with Gasteiger partial charge in [0.25, 0.3) is 0 Å². The van der Waals surface area contributed by atoms with Crippen molar-refractivity contribution < 1.29 is 14.0 Å². The number of rotatable bonds is 3. The van der Waals surface area contributed by atoms with Crippen molar-refractivity contribution >= 4 is 13.9 Å². The van der Waals surface area contributed by atoms with E-state index in [2.05, 4.69) is 0 Å². The van der Waals surface area contributed by atoms with E-state index < -0.39 is 8.25 Å². The van der Waals surface area contributed by atoms with Crippen molar-refractivity contribution in [3.8, 4) is 0 Å². The molecule has 2 atom stereocenters. The number of nitrogen functional groups attached to an aromatic ring is 1. The maximum atomic E-state index is 10.4. The highest BCUT2D eigenvalue weighted by molar-refractivity contribution is 7.32. The van der Waals surface area contributed by atoms with E-state index in [0.29, 0.717) is 5.69 Å². The molecule has 1 rings (SSSR count). The maximum Gasteiger partial charge on any atom is 0.317 e. The summed E-state index contributed by atoms with van der Waals surface area (Å²) in [7, 11) is -2.87. The molecular weight excluding hydrogens is 189 g/mol. The molecule has 0 bridgehead atoms. The molecule has 3 N–H and O–H groups in total. The molecule has 0 amide bonds. The van der Waals surface area contributed by atoms with Crippen LogP contribution in [0.15, 0.2) is 24.3 Å². The molecule has 0 aliphatic rings. The fourth-order valence-electron chi connectivity index (χ4n) is 0.986. The number of hydrogen-bond donors (Lipinski definition) is 2. The summed E-state index contributed by atoms with van der Waals surface area (Å²) in [4.78, 5) is 8.54. The van der Waals surface area contributed by atoms with Crippen molar-refractivity contribution in [2.45, 2.75) is 13.0 Å². The van der Waals surface area contributed by atoms with Gasteiger partial charge in [-0.3, -0.25) is 4.57 Å². The third-order valence-corrected chi connectivity index (χ3v) is 2.24. The highest BCUT2D eigenvalue weighted by Crippen LogP contribution is 2.28. The van der Waals surface area contributed by atoms with Gasteiger partial charge in [0.1, 0.15) is 0 Å². The molecule has 2 unspecified atom stereocenters. The Hall–Kier alpha value is -0.830. The largest absolute Gasteiger partial charge is 0.399 e. The average molecular weight is 201 g/mol. The average Bonchev–Trinajstić information content (AvgIpc) is 2.04. The zero-order chi connectivity index (χ0) is 9.84. The summed E-state index contributed by atoms with van der Waals surface area (Å²) in [6.07, 6.45) is -0.378. The van der Waals surface area contributed by atoms with E-state index in [0.717, 1.165) is 5.56 Å². The lowest BCUT2D eigenvalue weighted by Gasteiger charge is -2.10. The first-order chi connectivity index (χ1) is 6.09. The van der Waals surface area contributed by atoms with Gasteiger partial charge >= 0.3 is 8.25 Å². The van der Waals surface area contributed by atoms with Crippen LogP contribution in [0, 0.1) is 0 Å². The van der Waals surface area contributed by atoms with Crippen LogP contribution in [-0.4, -0.2) is 4.89 Å². The lowest BCUT2D eigenvalue weighted by atomic mass is 10.1. The minimum absolute atomic E-state index is 0.378. The Balaban J connectivity index is 2.71. The first kappa shape index (κ1) is 10.3. The Morgan fingerprint density at radius 3 is 2.46 bits per heavy atom. The second kappa shape index (κ2) is 4.42. The highest BCUT2D eigenvalue weighted by atomic mass is 31.1. The van der Waals surface area contributed by atoms with Crippen molar-refractivity contribution in [3.63, 3.8) is 0 Å². The molecule has 0 aromatic heterocycles. The fraction of sp³-hybridized carbons (Fsp3) is 0.250. The van der Waals surface area contributed by atoms with E-state index in [1.165, 1.54) is 0 Å². The van der Waals surface area contributed by atoms with Gasteiger partial charge in [0, 0.05) is 5.69 Å². The number of anilines is 1. The van der Waals surface area contributed by atoms with E-state index in [4.69, 9.17) is 15.2 Å². The van der Waals surface area contributed by atoms with Crippen LogP contribution in [-0.2, 0) is 9.09 Å². The van der Waals surface area contributed by atoms with E-state index in [1.807, 2.05) is 0 Å². The predicted molar refractivity (Wildman–Crippen MR) is 51.6 cm³/mol. The molecule has 5 heteroatoms. The summed E-state index contributed by atoms with van der Waals surface area (Å²) in [5.41, 5.74) is 6.98. The van der Waals surface area contributed by atoms with Gasteiger partial charge < -0.3 is 15.2 Å². The Bertz CT molecular complexity index is 299. The molecule has 0 saturated heterocycles. The fourth-order valence-corrected chi connectivity index (χ4v) is 1.42. The molecule has 1 aromatic carbocycles. The van der Waals surface area contributed by atoms with E-state index >= 15 is 0 Å². The van der Waals surface area contributed by atoms with Crippen LogP contribution in [0.2, 0.25) is 0 Å². The van der Waals surface area contributed by atoms with Crippen LogP contribution in [0.1, 0.15) is 18.6 Å². The summed E-state index contributed by atoms with van der Waals surface area (Å²) < 4.78 is 15.1. The SMILES string of the molecule is CC(O[PH](=O)O)c1ccc(N)cc1.